The molecule has 3 N–H and O–H groups in total. The van der Waals surface area contributed by atoms with Crippen molar-refractivity contribution in [1.82, 2.24) is 14.9 Å². The normalized spacial score (nSPS) is 10.9. The minimum Gasteiger partial charge on any atom is -0.394 e. The zero-order valence-corrected chi connectivity index (χ0v) is 16.1. The third-order valence-corrected chi connectivity index (χ3v) is 4.52. The van der Waals surface area contributed by atoms with E-state index in [9.17, 15) is 4.79 Å². The SMILES string of the molecule is Cc1cc(Br)ccc1Nc1c(C(=O)NOCCO)cn2ccnc2c1Cl. The van der Waals surface area contributed by atoms with Crippen LogP contribution in [-0.2, 0) is 4.84 Å². The number of nitrogens with zero attached hydrogens (tertiary/aromatic N) is 2. The van der Waals surface area contributed by atoms with Gasteiger partial charge in [-0.05, 0) is 30.7 Å². The second kappa shape index (κ2) is 8.05. The summed E-state index contributed by atoms with van der Waals surface area (Å²) in [5.74, 6) is -0.492. The Bertz CT molecular complexity index is 961. The predicted molar refractivity (Wildman–Crippen MR) is 103 cm³/mol. The highest BCUT2D eigenvalue weighted by Crippen LogP contribution is 2.34. The van der Waals surface area contributed by atoms with Crippen LogP contribution in [-0.4, -0.2) is 33.6 Å². The van der Waals surface area contributed by atoms with Crippen molar-refractivity contribution < 1.29 is 14.7 Å². The first kappa shape index (κ1) is 18.7. The minimum atomic E-state index is -0.492. The lowest BCUT2D eigenvalue weighted by atomic mass is 10.1. The molecule has 3 aromatic rings. The van der Waals surface area contributed by atoms with Gasteiger partial charge >= 0.3 is 0 Å². The lowest BCUT2D eigenvalue weighted by Crippen LogP contribution is -2.26. The molecule has 0 spiro atoms. The number of benzene rings is 1. The monoisotopic (exact) mass is 438 g/mol. The number of hydrogen-bond donors (Lipinski definition) is 3. The first-order chi connectivity index (χ1) is 12.5. The number of imidazole rings is 1. The van der Waals surface area contributed by atoms with Crippen LogP contribution in [0, 0.1) is 6.92 Å². The molecule has 3 rings (SSSR count). The Morgan fingerprint density at radius 3 is 3.00 bits per heavy atom. The van der Waals surface area contributed by atoms with E-state index in [-0.39, 0.29) is 18.8 Å². The number of rotatable bonds is 6. The van der Waals surface area contributed by atoms with Crippen LogP contribution in [0.5, 0.6) is 0 Å². The molecule has 0 atom stereocenters. The summed E-state index contributed by atoms with van der Waals surface area (Å²) in [4.78, 5) is 21.7. The van der Waals surface area contributed by atoms with Crippen molar-refractivity contribution in [3.05, 3.63) is 57.4 Å². The summed E-state index contributed by atoms with van der Waals surface area (Å²) in [5.41, 5.74) is 5.29. The van der Waals surface area contributed by atoms with Gasteiger partial charge in [0.25, 0.3) is 5.91 Å². The van der Waals surface area contributed by atoms with Gasteiger partial charge in [0.2, 0.25) is 0 Å². The Kier molecular flexibility index (Phi) is 5.77. The van der Waals surface area contributed by atoms with E-state index in [1.54, 1.807) is 23.0 Å². The van der Waals surface area contributed by atoms with Crippen LogP contribution in [0.1, 0.15) is 15.9 Å². The topological polar surface area (TPSA) is 87.9 Å². The van der Waals surface area contributed by atoms with Crippen molar-refractivity contribution in [3.63, 3.8) is 0 Å². The molecule has 2 heterocycles. The number of aromatic nitrogens is 2. The van der Waals surface area contributed by atoms with Crippen LogP contribution < -0.4 is 10.8 Å². The zero-order valence-electron chi connectivity index (χ0n) is 13.8. The van der Waals surface area contributed by atoms with Crippen LogP contribution >= 0.6 is 27.5 Å². The summed E-state index contributed by atoms with van der Waals surface area (Å²) >= 11 is 9.94. The molecule has 0 aliphatic heterocycles. The molecule has 26 heavy (non-hydrogen) atoms. The van der Waals surface area contributed by atoms with Crippen molar-refractivity contribution in [3.8, 4) is 0 Å². The molecule has 0 bridgehead atoms. The number of hydroxylamine groups is 1. The van der Waals surface area contributed by atoms with E-state index in [0.717, 1.165) is 15.7 Å². The molecule has 2 aromatic heterocycles. The molecule has 1 amide bonds. The highest BCUT2D eigenvalue weighted by molar-refractivity contribution is 9.10. The van der Waals surface area contributed by atoms with Crippen LogP contribution in [0.4, 0.5) is 11.4 Å². The van der Waals surface area contributed by atoms with Crippen molar-refractivity contribution in [2.24, 2.45) is 0 Å². The number of pyridine rings is 1. The summed E-state index contributed by atoms with van der Waals surface area (Å²) in [6.45, 7) is 1.73. The number of halogens is 2. The van der Waals surface area contributed by atoms with Gasteiger partial charge in [-0.25, -0.2) is 10.5 Å². The van der Waals surface area contributed by atoms with Crippen molar-refractivity contribution in [2.75, 3.05) is 18.5 Å². The fraction of sp³-hybridized carbons (Fsp3) is 0.176. The van der Waals surface area contributed by atoms with Gasteiger partial charge in [-0.3, -0.25) is 9.63 Å². The number of aliphatic hydroxyl groups is 1. The van der Waals surface area contributed by atoms with Gasteiger partial charge in [-0.1, -0.05) is 27.5 Å². The fourth-order valence-electron chi connectivity index (χ4n) is 2.43. The average molecular weight is 440 g/mol. The Morgan fingerprint density at radius 1 is 1.46 bits per heavy atom. The molecule has 0 fully saturated rings. The molecular weight excluding hydrogens is 424 g/mol. The minimum absolute atomic E-state index is 0.0125. The van der Waals surface area contributed by atoms with E-state index in [4.69, 9.17) is 21.5 Å². The van der Waals surface area contributed by atoms with Gasteiger partial charge in [0.05, 0.1) is 24.5 Å². The van der Waals surface area contributed by atoms with E-state index in [2.05, 4.69) is 31.7 Å². The van der Waals surface area contributed by atoms with Crippen molar-refractivity contribution in [1.29, 1.82) is 0 Å². The molecule has 136 valence electrons. The highest BCUT2D eigenvalue weighted by Gasteiger charge is 2.19. The second-order valence-corrected chi connectivity index (χ2v) is 6.77. The lowest BCUT2D eigenvalue weighted by Gasteiger charge is -2.16. The Balaban J connectivity index is 2.04. The van der Waals surface area contributed by atoms with Crippen LogP contribution in [0.2, 0.25) is 5.02 Å². The molecule has 0 unspecified atom stereocenters. The molecule has 0 radical (unpaired) electrons. The maximum Gasteiger partial charge on any atom is 0.278 e. The molecule has 1 aromatic carbocycles. The molecule has 7 nitrogen and oxygen atoms in total. The average Bonchev–Trinajstić information content (AvgIpc) is 3.08. The summed E-state index contributed by atoms with van der Waals surface area (Å²) in [6.07, 6.45) is 4.91. The Hall–Kier alpha value is -2.13. The third kappa shape index (κ3) is 3.83. The van der Waals surface area contributed by atoms with E-state index in [1.165, 1.54) is 0 Å². The smallest absolute Gasteiger partial charge is 0.278 e. The van der Waals surface area contributed by atoms with Gasteiger partial charge in [0.1, 0.15) is 5.02 Å². The summed E-state index contributed by atoms with van der Waals surface area (Å²) in [7, 11) is 0. The van der Waals surface area contributed by atoms with Gasteiger partial charge in [-0.15, -0.1) is 0 Å². The Morgan fingerprint density at radius 2 is 2.27 bits per heavy atom. The number of anilines is 2. The van der Waals surface area contributed by atoms with Crippen LogP contribution in [0.3, 0.4) is 0 Å². The third-order valence-electron chi connectivity index (χ3n) is 3.67. The molecule has 0 saturated heterocycles. The summed E-state index contributed by atoms with van der Waals surface area (Å²) < 4.78 is 2.61. The molecule has 0 aliphatic carbocycles. The number of aryl methyl sites for hydroxylation is 1. The van der Waals surface area contributed by atoms with E-state index in [1.807, 2.05) is 25.1 Å². The maximum atomic E-state index is 12.5. The van der Waals surface area contributed by atoms with Crippen LogP contribution in [0.25, 0.3) is 5.65 Å². The second-order valence-electron chi connectivity index (χ2n) is 5.48. The highest BCUT2D eigenvalue weighted by atomic mass is 79.9. The van der Waals surface area contributed by atoms with E-state index < -0.39 is 5.91 Å². The van der Waals surface area contributed by atoms with Gasteiger partial charge < -0.3 is 14.8 Å². The number of aliphatic hydroxyl groups excluding tert-OH is 1. The zero-order chi connectivity index (χ0) is 18.7. The van der Waals surface area contributed by atoms with Crippen LogP contribution in [0.15, 0.2) is 41.3 Å². The number of nitrogens with one attached hydrogen (secondary N) is 2. The predicted octanol–water partition coefficient (Wildman–Crippen LogP) is 3.46. The fourth-order valence-corrected chi connectivity index (χ4v) is 3.21. The Labute approximate surface area is 163 Å². The molecule has 9 heteroatoms. The largest absolute Gasteiger partial charge is 0.394 e. The summed E-state index contributed by atoms with van der Waals surface area (Å²) in [6, 6.07) is 5.73. The molecular formula is C17H16BrClN4O3. The summed E-state index contributed by atoms with van der Waals surface area (Å²) in [5, 5.41) is 12.3. The van der Waals surface area contributed by atoms with Crippen molar-refractivity contribution >= 4 is 50.5 Å². The maximum absolute atomic E-state index is 12.5. The van der Waals surface area contributed by atoms with E-state index in [0.29, 0.717) is 16.4 Å². The number of hydrogen-bond acceptors (Lipinski definition) is 5. The quantitative estimate of drug-likeness (QED) is 0.404. The van der Waals surface area contributed by atoms with Gasteiger partial charge in [0, 0.05) is 28.8 Å². The van der Waals surface area contributed by atoms with Crippen molar-refractivity contribution in [2.45, 2.75) is 6.92 Å². The standard InChI is InChI=1S/C17H16BrClN4O3/c1-10-8-11(18)2-3-13(10)21-15-12(17(25)22-26-7-6-24)9-23-5-4-20-16(23)14(15)19/h2-5,8-9,21,24H,6-7H2,1H3,(H,22,25). The number of fused-ring (bicyclic) bond motifs is 1. The van der Waals surface area contributed by atoms with Gasteiger partial charge in [-0.2, -0.15) is 0 Å². The first-order valence-corrected chi connectivity index (χ1v) is 8.89. The lowest BCUT2D eigenvalue weighted by molar-refractivity contribution is 0.0168. The number of carbonyl (C=O) groups is 1. The van der Waals surface area contributed by atoms with Gasteiger partial charge in [0.15, 0.2) is 5.65 Å². The molecule has 0 saturated carbocycles. The molecule has 0 aliphatic rings. The first-order valence-electron chi connectivity index (χ1n) is 7.72. The number of carbonyl (C=O) groups excluding carboxylic acids is 1. The van der Waals surface area contributed by atoms with E-state index >= 15 is 0 Å². The number of amides is 1.